The summed E-state index contributed by atoms with van der Waals surface area (Å²) in [6.45, 7) is 14.4. The van der Waals surface area contributed by atoms with Crippen LogP contribution in [0.15, 0.2) is 47.1 Å². The molecule has 2 N–H and O–H groups in total. The van der Waals surface area contributed by atoms with Gasteiger partial charge in [-0.05, 0) is 107 Å². The quantitative estimate of drug-likeness (QED) is 0.390. The zero-order valence-corrected chi connectivity index (χ0v) is 24.0. The zero-order chi connectivity index (χ0) is 26.5. The molecule has 0 aromatic rings. The predicted octanol–water partition coefficient (Wildman–Crippen LogP) is 6.60. The Kier molecular flexibility index (Phi) is 7.62. The van der Waals surface area contributed by atoms with Crippen LogP contribution in [0.3, 0.4) is 0 Å². The van der Waals surface area contributed by atoms with Gasteiger partial charge in [-0.25, -0.2) is 8.42 Å². The molecule has 202 valence electrons. The van der Waals surface area contributed by atoms with Gasteiger partial charge in [-0.1, -0.05) is 56.2 Å². The molecule has 4 rings (SSSR count). The highest BCUT2D eigenvalue weighted by molar-refractivity contribution is 7.94. The molecular formula is C31H48O4S. The maximum atomic E-state index is 13.4. The van der Waals surface area contributed by atoms with E-state index >= 15 is 0 Å². The molecule has 3 saturated carbocycles. The number of aliphatic hydroxyl groups is 2. The summed E-state index contributed by atoms with van der Waals surface area (Å²) in [5, 5.41) is 20.3. The molecule has 0 aromatic heterocycles. The summed E-state index contributed by atoms with van der Waals surface area (Å²) in [6, 6.07) is 0. The summed E-state index contributed by atoms with van der Waals surface area (Å²) >= 11 is 0. The topological polar surface area (TPSA) is 74.6 Å². The van der Waals surface area contributed by atoms with Gasteiger partial charge in [0.15, 0.2) is 9.84 Å². The molecular weight excluding hydrogens is 468 g/mol. The van der Waals surface area contributed by atoms with Gasteiger partial charge in [0, 0.05) is 6.42 Å². The molecule has 0 spiro atoms. The second kappa shape index (κ2) is 9.85. The summed E-state index contributed by atoms with van der Waals surface area (Å²) in [4.78, 5) is 0. The van der Waals surface area contributed by atoms with E-state index < -0.39 is 31.5 Å². The molecule has 3 fully saturated rings. The fourth-order valence-corrected chi connectivity index (χ4v) is 10.1. The first-order chi connectivity index (χ1) is 16.7. The largest absolute Gasteiger partial charge is 0.393 e. The number of fused-ring (bicyclic) bond motifs is 1. The second-order valence-corrected chi connectivity index (χ2v) is 16.5. The third-order valence-corrected chi connectivity index (χ3v) is 13.4. The van der Waals surface area contributed by atoms with E-state index in [1.165, 1.54) is 17.6 Å². The van der Waals surface area contributed by atoms with E-state index in [2.05, 4.69) is 38.7 Å². The van der Waals surface area contributed by atoms with Crippen molar-refractivity contribution in [2.75, 3.05) is 0 Å². The lowest BCUT2D eigenvalue weighted by Gasteiger charge is -2.46. The Morgan fingerprint density at radius 1 is 1.17 bits per heavy atom. The first kappa shape index (κ1) is 27.9. The third-order valence-electron chi connectivity index (χ3n) is 10.1. The molecule has 0 bridgehead atoms. The van der Waals surface area contributed by atoms with Gasteiger partial charge in [0.05, 0.1) is 21.7 Å². The first-order valence-electron chi connectivity index (χ1n) is 14.1. The van der Waals surface area contributed by atoms with Gasteiger partial charge >= 0.3 is 0 Å². The predicted molar refractivity (Wildman–Crippen MR) is 148 cm³/mol. The molecule has 4 nitrogen and oxygen atoms in total. The summed E-state index contributed by atoms with van der Waals surface area (Å²) in [5.74, 6) is 0.858. The molecule has 4 aliphatic rings. The minimum atomic E-state index is -3.18. The average Bonchev–Trinajstić information content (AvgIpc) is 3.11. The van der Waals surface area contributed by atoms with Crippen molar-refractivity contribution in [1.29, 1.82) is 0 Å². The van der Waals surface area contributed by atoms with Crippen LogP contribution >= 0.6 is 0 Å². The van der Waals surface area contributed by atoms with Crippen LogP contribution in [0.4, 0.5) is 0 Å². The molecule has 0 unspecified atom stereocenters. The van der Waals surface area contributed by atoms with E-state index in [0.717, 1.165) is 62.5 Å². The Hall–Kier alpha value is -1.17. The van der Waals surface area contributed by atoms with Crippen LogP contribution in [0.2, 0.25) is 0 Å². The van der Waals surface area contributed by atoms with Crippen LogP contribution in [0, 0.1) is 17.3 Å². The van der Waals surface area contributed by atoms with Crippen LogP contribution in [-0.4, -0.2) is 40.3 Å². The number of sulfone groups is 1. The van der Waals surface area contributed by atoms with Crippen molar-refractivity contribution in [2.45, 2.75) is 127 Å². The summed E-state index contributed by atoms with van der Waals surface area (Å²) in [6.07, 6.45) is 15.4. The number of hydrogen-bond donors (Lipinski definition) is 2. The molecule has 5 atom stereocenters. The highest BCUT2D eigenvalue weighted by atomic mass is 32.2. The zero-order valence-electron chi connectivity index (χ0n) is 23.1. The van der Waals surface area contributed by atoms with Gasteiger partial charge in [0.25, 0.3) is 0 Å². The summed E-state index contributed by atoms with van der Waals surface area (Å²) < 4.78 is 25.6. The lowest BCUT2D eigenvalue weighted by molar-refractivity contribution is 0.0862. The minimum absolute atomic E-state index is 0.125. The standard InChI is InChI=1S/C31H48O4S/c1-21(14-18-31(16-8-17-31)36(34,35)29(3,4)5)26-12-13-27-23(9-7-15-30(26,27)6)10-11-24-19-25(32)20-28(33)22(24)2/h10-12,21,25,27-28,32-33H,2,7-9,13-20H2,1,3-6H3/t21-,25-,27+,28+,30-/m1/s1. The highest BCUT2D eigenvalue weighted by Crippen LogP contribution is 2.58. The maximum absolute atomic E-state index is 13.4. The number of allylic oxidation sites excluding steroid dienone is 5. The third kappa shape index (κ3) is 4.73. The fraction of sp³-hybridized carbons (Fsp3) is 0.742. The molecule has 36 heavy (non-hydrogen) atoms. The van der Waals surface area contributed by atoms with Crippen molar-refractivity contribution in [3.8, 4) is 0 Å². The summed E-state index contributed by atoms with van der Waals surface area (Å²) in [7, 11) is -3.18. The van der Waals surface area contributed by atoms with Crippen molar-refractivity contribution in [2.24, 2.45) is 17.3 Å². The van der Waals surface area contributed by atoms with Gasteiger partial charge in [0.1, 0.15) is 0 Å². The van der Waals surface area contributed by atoms with Gasteiger partial charge in [-0.2, -0.15) is 0 Å². The Morgan fingerprint density at radius 3 is 2.47 bits per heavy atom. The molecule has 0 heterocycles. The van der Waals surface area contributed by atoms with E-state index in [-0.39, 0.29) is 5.41 Å². The van der Waals surface area contributed by atoms with E-state index in [1.807, 2.05) is 20.8 Å². The lowest BCUT2D eigenvalue weighted by atomic mass is 9.62. The molecule has 0 aliphatic heterocycles. The van der Waals surface area contributed by atoms with Crippen LogP contribution < -0.4 is 0 Å². The molecule has 0 aromatic carbocycles. The van der Waals surface area contributed by atoms with Crippen LogP contribution in [0.25, 0.3) is 0 Å². The van der Waals surface area contributed by atoms with Crippen molar-refractivity contribution >= 4 is 9.84 Å². The smallest absolute Gasteiger partial charge is 0.160 e. The Labute approximate surface area is 219 Å². The van der Waals surface area contributed by atoms with Crippen molar-refractivity contribution in [3.63, 3.8) is 0 Å². The Balaban J connectivity index is 1.48. The second-order valence-electron chi connectivity index (χ2n) is 13.4. The van der Waals surface area contributed by atoms with E-state index in [1.54, 1.807) is 0 Å². The number of hydrogen-bond acceptors (Lipinski definition) is 4. The fourth-order valence-electron chi connectivity index (χ4n) is 7.59. The highest BCUT2D eigenvalue weighted by Gasteiger charge is 2.53. The molecule has 0 saturated heterocycles. The minimum Gasteiger partial charge on any atom is -0.393 e. The van der Waals surface area contributed by atoms with Gasteiger partial charge in [-0.15, -0.1) is 0 Å². The van der Waals surface area contributed by atoms with Gasteiger partial charge in [-0.3, -0.25) is 0 Å². The molecule has 4 aliphatic carbocycles. The molecule has 0 amide bonds. The van der Waals surface area contributed by atoms with Crippen molar-refractivity contribution < 1.29 is 18.6 Å². The first-order valence-corrected chi connectivity index (χ1v) is 15.6. The number of aliphatic hydroxyl groups excluding tert-OH is 2. The lowest BCUT2D eigenvalue weighted by Crippen LogP contribution is -2.52. The maximum Gasteiger partial charge on any atom is 0.160 e. The van der Waals surface area contributed by atoms with Crippen LogP contribution in [-0.2, 0) is 9.84 Å². The monoisotopic (exact) mass is 516 g/mol. The van der Waals surface area contributed by atoms with Crippen LogP contribution in [0.1, 0.15) is 105 Å². The van der Waals surface area contributed by atoms with E-state index in [0.29, 0.717) is 24.7 Å². The van der Waals surface area contributed by atoms with Gasteiger partial charge < -0.3 is 10.2 Å². The van der Waals surface area contributed by atoms with Crippen molar-refractivity contribution in [1.82, 2.24) is 0 Å². The average molecular weight is 517 g/mol. The molecule has 5 heteroatoms. The van der Waals surface area contributed by atoms with E-state index in [4.69, 9.17) is 0 Å². The number of rotatable bonds is 6. The SMILES string of the molecule is C=C1C(=CC=C2CCC[C@]3(C)C([C@H](C)CCC4(S(=O)(=O)C(C)(C)C)CCC4)=CC[C@@H]23)C[C@@H](O)C[C@@H]1O. The Bertz CT molecular complexity index is 1070. The summed E-state index contributed by atoms with van der Waals surface area (Å²) in [5.41, 5.74) is 4.82. The Morgan fingerprint density at radius 2 is 1.86 bits per heavy atom. The van der Waals surface area contributed by atoms with E-state index in [9.17, 15) is 18.6 Å². The van der Waals surface area contributed by atoms with Gasteiger partial charge in [0.2, 0.25) is 0 Å². The normalized spacial score (nSPS) is 35.9. The molecule has 0 radical (unpaired) electrons. The van der Waals surface area contributed by atoms with Crippen molar-refractivity contribution in [3.05, 3.63) is 47.1 Å². The van der Waals surface area contributed by atoms with Crippen LogP contribution in [0.5, 0.6) is 0 Å².